The highest BCUT2D eigenvalue weighted by Gasteiger charge is 2.33. The van der Waals surface area contributed by atoms with Gasteiger partial charge in [0.25, 0.3) is 5.91 Å². The lowest BCUT2D eigenvalue weighted by Crippen LogP contribution is -2.24. The number of hydrogen-bond acceptors (Lipinski definition) is 4. The molecule has 7 heteroatoms. The number of amides is 1. The smallest absolute Gasteiger partial charge is 0.257 e. The van der Waals surface area contributed by atoms with Gasteiger partial charge in [0.05, 0.1) is 0 Å². The largest absolute Gasteiger partial charge is 0.487 e. The van der Waals surface area contributed by atoms with E-state index >= 15 is 0 Å². The van der Waals surface area contributed by atoms with E-state index in [1.54, 1.807) is 36.1 Å². The number of nitrogens with one attached hydrogen (secondary N) is 1. The average Bonchev–Trinajstić information content (AvgIpc) is 3.24. The van der Waals surface area contributed by atoms with Crippen molar-refractivity contribution in [3.63, 3.8) is 0 Å². The van der Waals surface area contributed by atoms with Gasteiger partial charge in [0.15, 0.2) is 5.82 Å². The Balaban J connectivity index is 1.66. The predicted octanol–water partition coefficient (Wildman–Crippen LogP) is 4.18. The second-order valence-corrected chi connectivity index (χ2v) is 9.32. The van der Waals surface area contributed by atoms with Crippen molar-refractivity contribution in [3.05, 3.63) is 76.2 Å². The zero-order valence-corrected chi connectivity index (χ0v) is 19.2. The van der Waals surface area contributed by atoms with Crippen molar-refractivity contribution in [1.82, 2.24) is 14.7 Å². The summed E-state index contributed by atoms with van der Waals surface area (Å²) in [5.41, 5.74) is 3.55. The Morgan fingerprint density at radius 2 is 2.00 bits per heavy atom. The van der Waals surface area contributed by atoms with Crippen LogP contribution in [-0.2, 0) is 26.4 Å². The molecule has 0 unspecified atom stereocenters. The molecule has 1 amide bonds. The van der Waals surface area contributed by atoms with Gasteiger partial charge in [0, 0.05) is 49.8 Å². The zero-order valence-electron chi connectivity index (χ0n) is 19.2. The summed E-state index contributed by atoms with van der Waals surface area (Å²) < 4.78 is 22.6. The van der Waals surface area contributed by atoms with Crippen LogP contribution < -0.4 is 10.1 Å². The normalized spacial score (nSPS) is 14.3. The van der Waals surface area contributed by atoms with E-state index in [0.717, 1.165) is 16.7 Å². The van der Waals surface area contributed by atoms with Gasteiger partial charge in [0.2, 0.25) is 0 Å². The van der Waals surface area contributed by atoms with Gasteiger partial charge in [0.1, 0.15) is 17.2 Å². The Morgan fingerprint density at radius 1 is 1.22 bits per heavy atom. The van der Waals surface area contributed by atoms with Crippen LogP contribution in [0.3, 0.4) is 0 Å². The van der Waals surface area contributed by atoms with E-state index in [9.17, 15) is 9.18 Å². The molecule has 0 atom stereocenters. The third-order valence-corrected chi connectivity index (χ3v) is 5.50. The Morgan fingerprint density at radius 3 is 2.66 bits per heavy atom. The van der Waals surface area contributed by atoms with E-state index < -0.39 is 0 Å². The lowest BCUT2D eigenvalue weighted by Gasteiger charge is -2.16. The Hall–Kier alpha value is -3.19. The highest BCUT2D eigenvalue weighted by molar-refractivity contribution is 6.04. The Bertz CT molecular complexity index is 1170. The minimum Gasteiger partial charge on any atom is -0.487 e. The lowest BCUT2D eigenvalue weighted by atomic mass is 9.91. The highest BCUT2D eigenvalue weighted by Crippen LogP contribution is 2.39. The summed E-state index contributed by atoms with van der Waals surface area (Å²) in [5.74, 6) is 0.647. The maximum Gasteiger partial charge on any atom is 0.257 e. The minimum absolute atomic E-state index is 0.236. The molecule has 32 heavy (non-hydrogen) atoms. The summed E-state index contributed by atoms with van der Waals surface area (Å²) in [6, 6.07) is 10.7. The van der Waals surface area contributed by atoms with Crippen LogP contribution in [0, 0.1) is 5.82 Å². The Labute approximate surface area is 188 Å². The number of hydrogen-bond donors (Lipinski definition) is 1. The molecule has 1 aromatic heterocycles. The summed E-state index contributed by atoms with van der Waals surface area (Å²) >= 11 is 0. The lowest BCUT2D eigenvalue weighted by molar-refractivity contribution is 0.102. The van der Waals surface area contributed by atoms with E-state index in [4.69, 9.17) is 4.74 Å². The van der Waals surface area contributed by atoms with Crippen LogP contribution in [0.15, 0.2) is 42.6 Å². The molecular weight excluding hydrogens is 407 g/mol. The SMILES string of the molecule is CN(C)Cc1ccc(Cc2cc(C(=O)Nc3ccn(C)n3)cc3c2CC(C)(C)O3)c(F)c1. The van der Waals surface area contributed by atoms with Gasteiger partial charge < -0.3 is 15.0 Å². The number of carbonyl (C=O) groups excluding carboxylic acids is 1. The Kier molecular flexibility index (Phi) is 5.77. The van der Waals surface area contributed by atoms with Crippen molar-refractivity contribution in [2.24, 2.45) is 7.05 Å². The number of nitrogens with zero attached hydrogens (tertiary/aromatic N) is 3. The van der Waals surface area contributed by atoms with E-state index in [2.05, 4.69) is 10.4 Å². The number of fused-ring (bicyclic) bond motifs is 1. The second kappa shape index (κ2) is 8.39. The molecule has 0 fully saturated rings. The first-order valence-corrected chi connectivity index (χ1v) is 10.7. The highest BCUT2D eigenvalue weighted by atomic mass is 19.1. The van der Waals surface area contributed by atoms with Gasteiger partial charge in [-0.3, -0.25) is 9.48 Å². The molecule has 168 valence electrons. The van der Waals surface area contributed by atoms with Gasteiger partial charge >= 0.3 is 0 Å². The van der Waals surface area contributed by atoms with Crippen LogP contribution in [-0.4, -0.2) is 40.3 Å². The fourth-order valence-corrected chi connectivity index (χ4v) is 4.12. The van der Waals surface area contributed by atoms with Crippen LogP contribution >= 0.6 is 0 Å². The van der Waals surface area contributed by atoms with Crippen molar-refractivity contribution in [2.75, 3.05) is 19.4 Å². The van der Waals surface area contributed by atoms with Gasteiger partial charge in [-0.25, -0.2) is 4.39 Å². The van der Waals surface area contributed by atoms with Crippen molar-refractivity contribution in [1.29, 1.82) is 0 Å². The number of benzene rings is 2. The first kappa shape index (κ1) is 22.0. The first-order valence-electron chi connectivity index (χ1n) is 10.7. The minimum atomic E-state index is -0.374. The third-order valence-electron chi connectivity index (χ3n) is 5.50. The van der Waals surface area contributed by atoms with Gasteiger partial charge in [-0.2, -0.15) is 5.10 Å². The van der Waals surface area contributed by atoms with E-state index in [-0.39, 0.29) is 17.3 Å². The van der Waals surface area contributed by atoms with Crippen molar-refractivity contribution in [3.8, 4) is 5.75 Å². The topological polar surface area (TPSA) is 59.4 Å². The number of aromatic nitrogens is 2. The molecule has 0 saturated carbocycles. The van der Waals surface area contributed by atoms with Crippen molar-refractivity contribution < 1.29 is 13.9 Å². The predicted molar refractivity (Wildman–Crippen MR) is 123 cm³/mol. The van der Waals surface area contributed by atoms with Crippen LogP contribution in [0.4, 0.5) is 10.2 Å². The number of carbonyl (C=O) groups is 1. The molecule has 2 aromatic carbocycles. The van der Waals surface area contributed by atoms with E-state index in [0.29, 0.717) is 42.1 Å². The van der Waals surface area contributed by atoms with E-state index in [1.165, 1.54) is 0 Å². The number of anilines is 1. The summed E-state index contributed by atoms with van der Waals surface area (Å²) in [7, 11) is 5.70. The molecule has 1 N–H and O–H groups in total. The quantitative estimate of drug-likeness (QED) is 0.630. The zero-order chi connectivity index (χ0) is 23.0. The monoisotopic (exact) mass is 436 g/mol. The number of halogens is 1. The fourth-order valence-electron chi connectivity index (χ4n) is 4.12. The van der Waals surface area contributed by atoms with E-state index in [1.807, 2.05) is 51.0 Å². The van der Waals surface area contributed by atoms with Gasteiger partial charge in [-0.1, -0.05) is 12.1 Å². The molecule has 3 aromatic rings. The molecule has 0 saturated heterocycles. The summed E-state index contributed by atoms with van der Waals surface area (Å²) in [4.78, 5) is 14.9. The van der Waals surface area contributed by atoms with Crippen LogP contribution in [0.1, 0.15) is 46.5 Å². The van der Waals surface area contributed by atoms with Crippen molar-refractivity contribution >= 4 is 11.7 Å². The van der Waals surface area contributed by atoms with Gasteiger partial charge in [-0.15, -0.1) is 0 Å². The van der Waals surface area contributed by atoms with Crippen LogP contribution in [0.5, 0.6) is 5.75 Å². The number of rotatable bonds is 6. The molecular formula is C25H29FN4O2. The number of aryl methyl sites for hydroxylation is 1. The summed E-state index contributed by atoms with van der Waals surface area (Å²) in [5, 5.41) is 7.02. The fraction of sp³-hybridized carbons (Fsp3) is 0.360. The first-order chi connectivity index (χ1) is 15.1. The molecule has 2 heterocycles. The molecule has 0 aliphatic carbocycles. The molecule has 0 spiro atoms. The van der Waals surface area contributed by atoms with Crippen LogP contribution in [0.25, 0.3) is 0 Å². The maximum absolute atomic E-state index is 14.9. The molecule has 0 radical (unpaired) electrons. The second-order valence-electron chi connectivity index (χ2n) is 9.32. The summed E-state index contributed by atoms with van der Waals surface area (Å²) in [6.07, 6.45) is 2.86. The van der Waals surface area contributed by atoms with Crippen LogP contribution in [0.2, 0.25) is 0 Å². The molecule has 1 aliphatic rings. The third kappa shape index (κ3) is 4.83. The molecule has 1 aliphatic heterocycles. The maximum atomic E-state index is 14.9. The standard InChI is InChI=1S/C25H29FN4O2/c1-25(2)14-20-18(11-17-7-6-16(10-21(17)26)15-29(3)4)12-19(13-22(20)32-25)24(31)27-23-8-9-30(5)28-23/h6-10,12-13H,11,14-15H2,1-5H3,(H,27,28,31). The molecule has 6 nitrogen and oxygen atoms in total. The molecule has 0 bridgehead atoms. The average molecular weight is 437 g/mol. The van der Waals surface area contributed by atoms with Crippen molar-refractivity contribution in [2.45, 2.75) is 38.8 Å². The van der Waals surface area contributed by atoms with Gasteiger partial charge in [-0.05, 0) is 62.8 Å². The number of ether oxygens (including phenoxy) is 1. The molecule has 4 rings (SSSR count). The summed E-state index contributed by atoms with van der Waals surface area (Å²) in [6.45, 7) is 4.71.